The van der Waals surface area contributed by atoms with Gasteiger partial charge in [0.05, 0.1) is 6.04 Å². The molecule has 0 heterocycles. The van der Waals surface area contributed by atoms with Crippen LogP contribution in [-0.4, -0.2) is 59.9 Å². The number of hydrogen-bond acceptors (Lipinski definition) is 8. The maximum Gasteiger partial charge on any atom is 0.408 e. The van der Waals surface area contributed by atoms with Gasteiger partial charge in [0.25, 0.3) is 0 Å². The lowest BCUT2D eigenvalue weighted by Crippen LogP contribution is -2.54. The molecule has 3 amide bonds. The Bertz CT molecular complexity index is 1060. The van der Waals surface area contributed by atoms with E-state index >= 15 is 0 Å². The van der Waals surface area contributed by atoms with Gasteiger partial charge in [-0.1, -0.05) is 42.5 Å². The lowest BCUT2D eigenvalue weighted by atomic mass is 10.1. The topological polar surface area (TPSA) is 203 Å². The number of alkyl carbamates (subject to hydrolysis) is 1. The summed E-state index contributed by atoms with van der Waals surface area (Å²) in [5.41, 5.74) is 12.8. The first kappa shape index (κ1) is 28.8. The Morgan fingerprint density at radius 3 is 2.22 bits per heavy atom. The second-order valence-electron chi connectivity index (χ2n) is 8.26. The van der Waals surface area contributed by atoms with Gasteiger partial charge in [0.2, 0.25) is 11.8 Å². The van der Waals surface area contributed by atoms with Gasteiger partial charge in [0.1, 0.15) is 25.0 Å². The van der Waals surface area contributed by atoms with Crippen molar-refractivity contribution in [1.29, 1.82) is 0 Å². The number of benzene rings is 2. The fraction of sp³-hybridized carbons (Fsp3) is 0.320. The molecule has 8 N–H and O–H groups in total. The Hall–Kier alpha value is -4.45. The van der Waals surface area contributed by atoms with Crippen molar-refractivity contribution < 1.29 is 33.8 Å². The number of nitrogens with two attached hydrogens (primary N) is 2. The molecule has 0 aliphatic rings. The predicted molar refractivity (Wildman–Crippen MR) is 134 cm³/mol. The smallest absolute Gasteiger partial charge is 0.408 e. The van der Waals surface area contributed by atoms with E-state index in [1.807, 2.05) is 6.07 Å². The largest absolute Gasteiger partial charge is 0.480 e. The first-order valence-corrected chi connectivity index (χ1v) is 11.5. The number of anilines is 1. The summed E-state index contributed by atoms with van der Waals surface area (Å²) >= 11 is 0. The van der Waals surface area contributed by atoms with Crippen LogP contribution < -0.4 is 27.4 Å². The van der Waals surface area contributed by atoms with Crippen LogP contribution in [0.3, 0.4) is 0 Å². The Morgan fingerprint density at radius 2 is 1.62 bits per heavy atom. The van der Waals surface area contributed by atoms with E-state index in [0.29, 0.717) is 17.5 Å². The van der Waals surface area contributed by atoms with Crippen LogP contribution in [-0.2, 0) is 36.9 Å². The zero-order valence-electron chi connectivity index (χ0n) is 20.1. The minimum Gasteiger partial charge on any atom is -0.480 e. The molecule has 2 aromatic rings. The third kappa shape index (κ3) is 10.8. The third-order valence-electron chi connectivity index (χ3n) is 5.29. The number of aliphatic carboxylic acids is 1. The first-order valence-electron chi connectivity index (χ1n) is 11.5. The van der Waals surface area contributed by atoms with E-state index < -0.39 is 42.0 Å². The van der Waals surface area contributed by atoms with Gasteiger partial charge in [-0.25, -0.2) is 4.79 Å². The van der Waals surface area contributed by atoms with E-state index in [-0.39, 0.29) is 32.4 Å². The molecular formula is C25H31N5O7. The number of primary amides is 1. The summed E-state index contributed by atoms with van der Waals surface area (Å²) in [5.74, 6) is -2.59. The highest BCUT2D eigenvalue weighted by Crippen LogP contribution is 2.08. The number of carboxylic acids is 1. The average Bonchev–Trinajstić information content (AvgIpc) is 2.88. The summed E-state index contributed by atoms with van der Waals surface area (Å²) in [5, 5.41) is 17.1. The van der Waals surface area contributed by atoms with Gasteiger partial charge in [-0.05, 0) is 36.1 Å². The van der Waals surface area contributed by atoms with E-state index in [4.69, 9.17) is 16.2 Å². The Labute approximate surface area is 213 Å². The van der Waals surface area contributed by atoms with E-state index in [9.17, 15) is 29.1 Å². The normalized spacial score (nSPS) is 13.0. The average molecular weight is 514 g/mol. The highest BCUT2D eigenvalue weighted by Gasteiger charge is 2.26. The number of carbonyl (C=O) groups excluding carboxylic acids is 4. The van der Waals surface area contributed by atoms with Crippen LogP contribution in [0.15, 0.2) is 54.6 Å². The molecule has 12 nitrogen and oxygen atoms in total. The van der Waals surface area contributed by atoms with Crippen LogP contribution in [0.25, 0.3) is 0 Å². The molecule has 0 fully saturated rings. The standard InChI is InChI=1S/C25H31N5O7/c26-18-8-6-16(7-9-18)12-21(24(34)35)28-13-19(14-31)29-23(33)20(10-11-22(27)32)30-25(36)37-15-17-4-2-1-3-5-17/h1-9,14,19-21,28H,10-13,15,26H2,(H2,27,32)(H,29,33)(H,30,36)(H,34,35). The van der Waals surface area contributed by atoms with Gasteiger partial charge in [-0.2, -0.15) is 0 Å². The molecule has 37 heavy (non-hydrogen) atoms. The lowest BCUT2D eigenvalue weighted by molar-refractivity contribution is -0.139. The van der Waals surface area contributed by atoms with E-state index in [1.54, 1.807) is 48.5 Å². The maximum atomic E-state index is 12.8. The molecule has 0 bridgehead atoms. The van der Waals surface area contributed by atoms with Crippen LogP contribution in [0.4, 0.5) is 10.5 Å². The quantitative estimate of drug-likeness (QED) is 0.141. The lowest BCUT2D eigenvalue weighted by Gasteiger charge is -2.22. The minimum absolute atomic E-state index is 0.0394. The number of nitrogen functional groups attached to an aromatic ring is 1. The molecule has 0 aliphatic carbocycles. The molecule has 3 atom stereocenters. The van der Waals surface area contributed by atoms with Gasteiger partial charge in [-0.3, -0.25) is 14.4 Å². The number of carbonyl (C=O) groups is 5. The monoisotopic (exact) mass is 513 g/mol. The Kier molecular flexibility index (Phi) is 11.5. The second-order valence-corrected chi connectivity index (χ2v) is 8.26. The van der Waals surface area contributed by atoms with Crippen molar-refractivity contribution in [2.45, 2.75) is 44.0 Å². The molecule has 0 aromatic heterocycles. The minimum atomic E-state index is -1.22. The van der Waals surface area contributed by atoms with Crippen LogP contribution in [0, 0.1) is 0 Å². The summed E-state index contributed by atoms with van der Waals surface area (Å²) in [7, 11) is 0. The Morgan fingerprint density at radius 1 is 0.946 bits per heavy atom. The van der Waals surface area contributed by atoms with Crippen LogP contribution in [0.5, 0.6) is 0 Å². The molecule has 2 rings (SSSR count). The Balaban J connectivity index is 1.95. The number of amides is 3. The van der Waals surface area contributed by atoms with Gasteiger partial charge >= 0.3 is 12.1 Å². The van der Waals surface area contributed by atoms with E-state index in [1.165, 1.54) is 0 Å². The fourth-order valence-electron chi connectivity index (χ4n) is 3.28. The molecule has 3 unspecified atom stereocenters. The van der Waals surface area contributed by atoms with Crippen molar-refractivity contribution in [3.63, 3.8) is 0 Å². The van der Waals surface area contributed by atoms with Crippen molar-refractivity contribution in [2.24, 2.45) is 5.73 Å². The summed E-state index contributed by atoms with van der Waals surface area (Å²) in [6.45, 7) is -0.232. The zero-order valence-corrected chi connectivity index (χ0v) is 20.1. The molecule has 0 spiro atoms. The second kappa shape index (κ2) is 14.8. The number of aldehydes is 1. The third-order valence-corrected chi connectivity index (χ3v) is 5.29. The molecular weight excluding hydrogens is 482 g/mol. The number of nitrogens with one attached hydrogen (secondary N) is 3. The van der Waals surface area contributed by atoms with Gasteiger partial charge in [0.15, 0.2) is 0 Å². The van der Waals surface area contributed by atoms with Gasteiger partial charge < -0.3 is 42.1 Å². The van der Waals surface area contributed by atoms with Crippen molar-refractivity contribution in [1.82, 2.24) is 16.0 Å². The van der Waals surface area contributed by atoms with Crippen LogP contribution >= 0.6 is 0 Å². The maximum absolute atomic E-state index is 12.8. The highest BCUT2D eigenvalue weighted by atomic mass is 16.5. The summed E-state index contributed by atoms with van der Waals surface area (Å²) in [4.78, 5) is 59.5. The summed E-state index contributed by atoms with van der Waals surface area (Å²) in [6, 6.07) is 12.2. The molecule has 0 aliphatic heterocycles. The van der Waals surface area contributed by atoms with Gasteiger partial charge in [0, 0.05) is 18.7 Å². The SMILES string of the molecule is NC(=O)CCC(NC(=O)OCc1ccccc1)C(=O)NC(C=O)CNC(Cc1ccc(N)cc1)C(=O)O. The van der Waals surface area contributed by atoms with Gasteiger partial charge in [-0.15, -0.1) is 0 Å². The van der Waals surface area contributed by atoms with Crippen molar-refractivity contribution >= 4 is 35.9 Å². The first-order chi connectivity index (χ1) is 17.7. The van der Waals surface area contributed by atoms with Crippen molar-refractivity contribution in [2.75, 3.05) is 12.3 Å². The fourth-order valence-corrected chi connectivity index (χ4v) is 3.28. The molecule has 0 saturated heterocycles. The highest BCUT2D eigenvalue weighted by molar-refractivity contribution is 5.88. The molecule has 12 heteroatoms. The van der Waals surface area contributed by atoms with E-state index in [2.05, 4.69) is 16.0 Å². The number of carboxylic acid groups (broad SMARTS) is 1. The molecule has 198 valence electrons. The number of rotatable bonds is 15. The summed E-state index contributed by atoms with van der Waals surface area (Å²) in [6.07, 6.45) is -0.681. The van der Waals surface area contributed by atoms with Crippen molar-refractivity contribution in [3.8, 4) is 0 Å². The molecule has 2 aromatic carbocycles. The molecule has 0 radical (unpaired) electrons. The van der Waals surface area contributed by atoms with Crippen LogP contribution in [0.1, 0.15) is 24.0 Å². The van der Waals surface area contributed by atoms with E-state index in [0.717, 1.165) is 5.56 Å². The molecule has 0 saturated carbocycles. The predicted octanol–water partition coefficient (Wildman–Crippen LogP) is 0.0983. The summed E-state index contributed by atoms with van der Waals surface area (Å²) < 4.78 is 5.11. The number of ether oxygens (including phenoxy) is 1. The zero-order chi connectivity index (χ0) is 27.2. The van der Waals surface area contributed by atoms with Crippen LogP contribution in [0.2, 0.25) is 0 Å². The van der Waals surface area contributed by atoms with Crippen molar-refractivity contribution in [3.05, 3.63) is 65.7 Å². The number of hydrogen-bond donors (Lipinski definition) is 6.